The van der Waals surface area contributed by atoms with Gasteiger partial charge < -0.3 is 5.73 Å². The summed E-state index contributed by atoms with van der Waals surface area (Å²) in [5.74, 6) is -1.25. The maximum Gasteiger partial charge on any atom is 0.269 e. The largest absolute Gasteiger partial charge is 0.369 e. The van der Waals surface area contributed by atoms with Gasteiger partial charge >= 0.3 is 0 Å². The number of primary amides is 1. The van der Waals surface area contributed by atoms with Crippen LogP contribution in [0.2, 0.25) is 0 Å². The first-order valence-electron chi connectivity index (χ1n) is 4.28. The van der Waals surface area contributed by atoms with Gasteiger partial charge in [-0.2, -0.15) is 0 Å². The van der Waals surface area contributed by atoms with Crippen molar-refractivity contribution in [2.45, 2.75) is 11.2 Å². The van der Waals surface area contributed by atoms with Crippen molar-refractivity contribution in [2.24, 2.45) is 5.73 Å². The Morgan fingerprint density at radius 2 is 2.25 bits per heavy atom. The molecule has 5 nitrogen and oxygen atoms in total. The molecule has 1 amide bonds. The summed E-state index contributed by atoms with van der Waals surface area (Å²) in [7, 11) is 0. The van der Waals surface area contributed by atoms with Crippen LogP contribution in [0.25, 0.3) is 0 Å². The highest BCUT2D eigenvalue weighted by atomic mass is 79.9. The number of benzene rings is 1. The van der Waals surface area contributed by atoms with Crippen molar-refractivity contribution in [3.05, 3.63) is 39.7 Å². The van der Waals surface area contributed by atoms with Gasteiger partial charge in [0.15, 0.2) is 0 Å². The highest BCUT2D eigenvalue weighted by Crippen LogP contribution is 2.19. The second kappa shape index (κ2) is 5.02. The first-order valence-corrected chi connectivity index (χ1v) is 5.19. The van der Waals surface area contributed by atoms with Gasteiger partial charge in [0.25, 0.3) is 5.69 Å². The highest BCUT2D eigenvalue weighted by molar-refractivity contribution is 9.10. The van der Waals surface area contributed by atoms with E-state index in [1.807, 2.05) is 0 Å². The van der Waals surface area contributed by atoms with Crippen LogP contribution in [0, 0.1) is 15.9 Å². The van der Waals surface area contributed by atoms with Crippen molar-refractivity contribution in [1.29, 1.82) is 0 Å². The highest BCUT2D eigenvalue weighted by Gasteiger charge is 2.17. The molecule has 1 rings (SSSR count). The summed E-state index contributed by atoms with van der Waals surface area (Å²) in [6.07, 6.45) is -0.0250. The van der Waals surface area contributed by atoms with E-state index in [1.165, 1.54) is 0 Å². The number of nitro benzene ring substituents is 1. The number of nitrogens with zero attached hydrogens (tertiary/aromatic N) is 1. The van der Waals surface area contributed by atoms with Crippen LogP contribution in [0.15, 0.2) is 18.2 Å². The van der Waals surface area contributed by atoms with Gasteiger partial charge in [-0.25, -0.2) is 4.39 Å². The summed E-state index contributed by atoms with van der Waals surface area (Å²) < 4.78 is 13.3. The lowest BCUT2D eigenvalue weighted by molar-refractivity contribution is -0.385. The number of nitrogens with two attached hydrogens (primary N) is 1. The van der Waals surface area contributed by atoms with Gasteiger partial charge in [-0.05, 0) is 18.1 Å². The fraction of sp³-hybridized carbons (Fsp3) is 0.222. The Balaban J connectivity index is 2.98. The molecule has 86 valence electrons. The molecule has 0 aliphatic heterocycles. The molecule has 1 unspecified atom stereocenters. The molecule has 1 atom stereocenters. The van der Waals surface area contributed by atoms with E-state index in [4.69, 9.17) is 5.73 Å². The van der Waals surface area contributed by atoms with Crippen LogP contribution in [-0.2, 0) is 11.2 Å². The molecule has 0 radical (unpaired) electrons. The lowest BCUT2D eigenvalue weighted by Crippen LogP contribution is -2.25. The Morgan fingerprint density at radius 3 is 2.75 bits per heavy atom. The number of alkyl halides is 1. The molecule has 1 aromatic carbocycles. The molecular formula is C9H8BrFN2O3. The molecular weight excluding hydrogens is 283 g/mol. The minimum absolute atomic E-state index is 0.0250. The molecule has 0 aliphatic carbocycles. The molecule has 7 heteroatoms. The molecule has 0 saturated heterocycles. The molecule has 0 fully saturated rings. The van der Waals surface area contributed by atoms with E-state index >= 15 is 0 Å². The zero-order valence-corrected chi connectivity index (χ0v) is 9.61. The zero-order valence-electron chi connectivity index (χ0n) is 8.02. The summed E-state index contributed by atoms with van der Waals surface area (Å²) in [6, 6.07) is 3.15. The van der Waals surface area contributed by atoms with E-state index < -0.39 is 21.5 Å². The second-order valence-electron chi connectivity index (χ2n) is 3.11. The Labute approximate surface area is 98.7 Å². The molecule has 0 bridgehead atoms. The monoisotopic (exact) mass is 290 g/mol. The van der Waals surface area contributed by atoms with E-state index in [-0.39, 0.29) is 17.7 Å². The first-order chi connectivity index (χ1) is 7.41. The number of rotatable bonds is 4. The Hall–Kier alpha value is -1.50. The quantitative estimate of drug-likeness (QED) is 0.518. The maximum absolute atomic E-state index is 13.3. The first kappa shape index (κ1) is 12.6. The van der Waals surface area contributed by atoms with E-state index in [9.17, 15) is 19.3 Å². The lowest BCUT2D eigenvalue weighted by Gasteiger charge is -2.06. The predicted molar refractivity (Wildman–Crippen MR) is 58.7 cm³/mol. The van der Waals surface area contributed by atoms with Crippen molar-refractivity contribution in [2.75, 3.05) is 0 Å². The number of halogens is 2. The average Bonchev–Trinajstić information content (AvgIpc) is 2.20. The van der Waals surface area contributed by atoms with E-state index in [1.54, 1.807) is 0 Å². The molecule has 16 heavy (non-hydrogen) atoms. The Bertz CT molecular complexity index is 439. The molecule has 0 saturated carbocycles. The number of hydrogen-bond donors (Lipinski definition) is 1. The van der Waals surface area contributed by atoms with E-state index in [0.29, 0.717) is 0 Å². The third-order valence-electron chi connectivity index (χ3n) is 1.95. The second-order valence-corrected chi connectivity index (χ2v) is 4.21. The van der Waals surface area contributed by atoms with Crippen molar-refractivity contribution in [1.82, 2.24) is 0 Å². The van der Waals surface area contributed by atoms with Gasteiger partial charge in [-0.3, -0.25) is 14.9 Å². The van der Waals surface area contributed by atoms with Crippen LogP contribution in [0.4, 0.5) is 10.1 Å². The topological polar surface area (TPSA) is 86.2 Å². The lowest BCUT2D eigenvalue weighted by atomic mass is 10.1. The molecule has 0 aromatic heterocycles. The number of carbonyl (C=O) groups excluding carboxylic acids is 1. The minimum Gasteiger partial charge on any atom is -0.369 e. The smallest absolute Gasteiger partial charge is 0.269 e. The third kappa shape index (κ3) is 2.99. The average molecular weight is 291 g/mol. The molecule has 1 aromatic rings. The van der Waals surface area contributed by atoms with Gasteiger partial charge in [0.05, 0.1) is 9.75 Å². The molecule has 0 heterocycles. The number of amides is 1. The van der Waals surface area contributed by atoms with Crippen LogP contribution in [-0.4, -0.2) is 15.7 Å². The van der Waals surface area contributed by atoms with Crippen LogP contribution in [0.5, 0.6) is 0 Å². The van der Waals surface area contributed by atoms with Crippen molar-refractivity contribution < 1.29 is 14.1 Å². The third-order valence-corrected chi connectivity index (χ3v) is 2.72. The SMILES string of the molecule is NC(=O)C(Br)Cc1cc([N+](=O)[O-])ccc1F. The maximum atomic E-state index is 13.3. The van der Waals surface area contributed by atoms with Crippen molar-refractivity contribution in [3.8, 4) is 0 Å². The summed E-state index contributed by atoms with van der Waals surface area (Å²) in [5, 5.41) is 10.5. The fourth-order valence-corrected chi connectivity index (χ4v) is 1.47. The summed E-state index contributed by atoms with van der Waals surface area (Å²) in [4.78, 5) is 19.8. The van der Waals surface area contributed by atoms with Gasteiger partial charge in [0, 0.05) is 12.1 Å². The molecule has 0 aliphatic rings. The standard InChI is InChI=1S/C9H8BrFN2O3/c10-7(9(12)14)4-5-3-6(13(15)16)1-2-8(5)11/h1-3,7H,4H2,(H2,12,14). The van der Waals surface area contributed by atoms with Crippen molar-refractivity contribution in [3.63, 3.8) is 0 Å². The van der Waals surface area contributed by atoms with Crippen LogP contribution in [0.3, 0.4) is 0 Å². The minimum atomic E-state index is -0.746. The zero-order chi connectivity index (χ0) is 12.3. The van der Waals surface area contributed by atoms with Crippen LogP contribution >= 0.6 is 15.9 Å². The van der Waals surface area contributed by atoms with Crippen LogP contribution in [0.1, 0.15) is 5.56 Å². The van der Waals surface area contributed by atoms with Gasteiger partial charge in [0.2, 0.25) is 5.91 Å². The van der Waals surface area contributed by atoms with Crippen LogP contribution < -0.4 is 5.73 Å². The van der Waals surface area contributed by atoms with E-state index in [0.717, 1.165) is 18.2 Å². The van der Waals surface area contributed by atoms with E-state index in [2.05, 4.69) is 15.9 Å². The molecule has 2 N–H and O–H groups in total. The predicted octanol–water partition coefficient (Wildman–Crippen LogP) is 1.53. The molecule has 0 spiro atoms. The summed E-state index contributed by atoms with van der Waals surface area (Å²) >= 11 is 2.96. The number of carbonyl (C=O) groups is 1. The van der Waals surface area contributed by atoms with Gasteiger partial charge in [-0.15, -0.1) is 0 Å². The fourth-order valence-electron chi connectivity index (χ4n) is 1.12. The van der Waals surface area contributed by atoms with Crippen molar-refractivity contribution >= 4 is 27.5 Å². The summed E-state index contributed by atoms with van der Waals surface area (Å²) in [5.41, 5.74) is 4.85. The summed E-state index contributed by atoms with van der Waals surface area (Å²) in [6.45, 7) is 0. The number of nitro groups is 1. The number of hydrogen-bond acceptors (Lipinski definition) is 3. The number of non-ortho nitro benzene ring substituents is 1. The normalized spacial score (nSPS) is 12.1. The van der Waals surface area contributed by atoms with Gasteiger partial charge in [-0.1, -0.05) is 15.9 Å². The Kier molecular flexibility index (Phi) is 3.94. The Morgan fingerprint density at radius 1 is 1.62 bits per heavy atom. The van der Waals surface area contributed by atoms with Gasteiger partial charge in [0.1, 0.15) is 5.82 Å².